The number of fused-ring (bicyclic) bond motifs is 2. The zero-order valence-corrected chi connectivity index (χ0v) is 27.8. The Kier molecular flexibility index (Phi) is 24.7. The van der Waals surface area contributed by atoms with Gasteiger partial charge in [-0.15, -0.1) is 0 Å². The highest BCUT2D eigenvalue weighted by atomic mass is 127. The van der Waals surface area contributed by atoms with Crippen molar-refractivity contribution in [3.05, 3.63) is 69.8 Å². The molecule has 2 aliphatic rings. The molecule has 2 aliphatic carbocycles. The van der Waals surface area contributed by atoms with Crippen molar-refractivity contribution in [1.29, 1.82) is 0 Å². The van der Waals surface area contributed by atoms with Gasteiger partial charge >= 0.3 is 0 Å². The molecule has 2 aromatic carbocycles. The van der Waals surface area contributed by atoms with Crippen LogP contribution in [-0.2, 0) is 12.8 Å². The summed E-state index contributed by atoms with van der Waals surface area (Å²) in [6.45, 7) is 12.4. The molecule has 242 valence electrons. The van der Waals surface area contributed by atoms with Gasteiger partial charge in [-0.05, 0) is 47.9 Å². The van der Waals surface area contributed by atoms with Crippen LogP contribution in [0.15, 0.2) is 36.4 Å². The molecule has 0 saturated heterocycles. The van der Waals surface area contributed by atoms with E-state index in [9.17, 15) is 19.8 Å². The first-order valence-electron chi connectivity index (χ1n) is 14.2. The normalized spacial score (nSPS) is 19.3. The summed E-state index contributed by atoms with van der Waals surface area (Å²) >= 11 is 2.41. The van der Waals surface area contributed by atoms with Gasteiger partial charge in [-0.1, -0.05) is 103 Å². The number of aliphatic hydroxyl groups is 2. The van der Waals surface area contributed by atoms with Crippen LogP contribution in [0, 0.1) is 0 Å². The van der Waals surface area contributed by atoms with Crippen LogP contribution < -0.4 is 21.7 Å². The molecule has 0 aliphatic heterocycles. The van der Waals surface area contributed by atoms with E-state index in [0.717, 1.165) is 26.2 Å². The zero-order chi connectivity index (χ0) is 31.0. The quantitative estimate of drug-likeness (QED) is 0.178. The van der Waals surface area contributed by atoms with E-state index in [1.54, 1.807) is 32.3 Å². The molecule has 0 bridgehead atoms. The first kappa shape index (κ1) is 44.4. The van der Waals surface area contributed by atoms with E-state index in [0.29, 0.717) is 24.0 Å². The monoisotopic (exact) mass is 702 g/mol. The molecule has 42 heavy (non-hydrogen) atoms. The van der Waals surface area contributed by atoms with Gasteiger partial charge in [0, 0.05) is 42.0 Å². The van der Waals surface area contributed by atoms with Crippen LogP contribution in [-0.4, -0.2) is 59.3 Å². The molecule has 1 unspecified atom stereocenters. The SMILES string of the molecule is C.C.CC.CC.CCC(C)I.CNC(=O)c1cccc2c1C[C@@H](O)[C@@H]2N.CNC(=O)c1cccc2c1C[C@@H](O)[C@@H]2NC. The number of alkyl halides is 1. The maximum absolute atomic E-state index is 11.7. The van der Waals surface area contributed by atoms with Gasteiger partial charge < -0.3 is 31.9 Å². The van der Waals surface area contributed by atoms with Gasteiger partial charge in [0.25, 0.3) is 11.8 Å². The average Bonchev–Trinajstić information content (AvgIpc) is 3.48. The Balaban J connectivity index is -0.000000548. The number of hydrogen-bond acceptors (Lipinski definition) is 6. The van der Waals surface area contributed by atoms with Gasteiger partial charge in [0.2, 0.25) is 0 Å². The predicted octanol–water partition coefficient (Wildman–Crippen LogP) is 5.73. The van der Waals surface area contributed by atoms with Crippen molar-refractivity contribution < 1.29 is 19.8 Å². The van der Waals surface area contributed by atoms with E-state index in [1.807, 2.05) is 52.9 Å². The summed E-state index contributed by atoms with van der Waals surface area (Å²) in [5.74, 6) is -0.228. The molecule has 4 rings (SSSR count). The third kappa shape index (κ3) is 11.9. The fourth-order valence-electron chi connectivity index (χ4n) is 4.39. The Bertz CT molecular complexity index is 1050. The lowest BCUT2D eigenvalue weighted by Gasteiger charge is -2.14. The summed E-state index contributed by atoms with van der Waals surface area (Å²) in [6, 6.07) is 10.6. The minimum absolute atomic E-state index is 0. The summed E-state index contributed by atoms with van der Waals surface area (Å²) in [5, 5.41) is 27.8. The van der Waals surface area contributed by atoms with Gasteiger partial charge in [-0.25, -0.2) is 0 Å². The van der Waals surface area contributed by atoms with Gasteiger partial charge in [0.05, 0.1) is 24.3 Å². The Labute approximate surface area is 269 Å². The number of hydrogen-bond donors (Lipinski definition) is 6. The Morgan fingerprint density at radius 1 is 0.857 bits per heavy atom. The van der Waals surface area contributed by atoms with E-state index in [-0.39, 0.29) is 38.8 Å². The molecular formula is C33H59IN4O4. The average molecular weight is 703 g/mol. The Morgan fingerprint density at radius 3 is 1.62 bits per heavy atom. The molecule has 0 heterocycles. The number of nitrogens with two attached hydrogens (primary N) is 1. The Hall–Kier alpha value is -2.05. The van der Waals surface area contributed by atoms with Crippen molar-refractivity contribution in [2.75, 3.05) is 21.1 Å². The number of aliphatic hydroxyl groups excluding tert-OH is 2. The molecule has 7 N–H and O–H groups in total. The van der Waals surface area contributed by atoms with Crippen LogP contribution in [0.2, 0.25) is 0 Å². The molecule has 0 aromatic heterocycles. The van der Waals surface area contributed by atoms with Crippen LogP contribution in [0.3, 0.4) is 0 Å². The minimum Gasteiger partial charge on any atom is -0.391 e. The molecule has 0 saturated carbocycles. The highest BCUT2D eigenvalue weighted by molar-refractivity contribution is 14.1. The molecule has 9 heteroatoms. The Morgan fingerprint density at radius 2 is 1.24 bits per heavy atom. The summed E-state index contributed by atoms with van der Waals surface area (Å²) in [6.07, 6.45) is 1.25. The third-order valence-electron chi connectivity index (χ3n) is 6.56. The number of carbonyl (C=O) groups is 2. The topological polar surface area (TPSA) is 137 Å². The van der Waals surface area contributed by atoms with Gasteiger partial charge in [-0.3, -0.25) is 9.59 Å². The number of likely N-dealkylation sites (N-methyl/N-ethyl adjacent to an activating group) is 1. The predicted molar refractivity (Wildman–Crippen MR) is 188 cm³/mol. The minimum atomic E-state index is -0.578. The summed E-state index contributed by atoms with van der Waals surface area (Å²) in [4.78, 5) is 23.2. The lowest BCUT2D eigenvalue weighted by molar-refractivity contribution is 0.0953. The summed E-state index contributed by atoms with van der Waals surface area (Å²) in [7, 11) is 5.02. The second-order valence-corrected chi connectivity index (χ2v) is 11.1. The van der Waals surface area contributed by atoms with Crippen molar-refractivity contribution >= 4 is 34.4 Å². The zero-order valence-electron chi connectivity index (χ0n) is 25.6. The van der Waals surface area contributed by atoms with Crippen molar-refractivity contribution in [2.24, 2.45) is 5.73 Å². The van der Waals surface area contributed by atoms with E-state index < -0.39 is 12.2 Å². The number of amides is 2. The highest BCUT2D eigenvalue weighted by Crippen LogP contribution is 2.33. The van der Waals surface area contributed by atoms with Crippen molar-refractivity contribution in [1.82, 2.24) is 16.0 Å². The van der Waals surface area contributed by atoms with E-state index in [4.69, 9.17) is 5.73 Å². The van der Waals surface area contributed by atoms with Crippen LogP contribution in [0.1, 0.15) is 118 Å². The van der Waals surface area contributed by atoms with Crippen molar-refractivity contribution in [3.63, 3.8) is 0 Å². The van der Waals surface area contributed by atoms with Crippen LogP contribution in [0.5, 0.6) is 0 Å². The molecule has 0 fully saturated rings. The van der Waals surface area contributed by atoms with Gasteiger partial charge in [-0.2, -0.15) is 0 Å². The second-order valence-electron chi connectivity index (χ2n) is 8.93. The number of benzene rings is 2. The molecular weight excluding hydrogens is 643 g/mol. The molecule has 2 aromatic rings. The molecule has 5 atom stereocenters. The standard InChI is InChI=1S/C12H16N2O2.C11H14N2O2.C4H9I.2C2H6.2CH4/c1-13-11-7-4-3-5-8(12(16)14-2)9(7)6-10(11)15;1-13-11(15)7-4-2-3-6-8(7)5-9(14)10(6)12;1-3-4(2)5;2*1-2;;/h3-5,10-11,13,15H,6H2,1-2H3,(H,14,16);2-4,9-10,14H,5,12H2,1H3,(H,13,15);4H,3H2,1-2H3;2*1-2H3;2*1H4/t10-,11-;9-,10-;;;;;/m11...../s1. The summed E-state index contributed by atoms with van der Waals surface area (Å²) < 4.78 is 0.854. The second kappa shape index (κ2) is 23.4. The first-order chi connectivity index (χ1) is 19.1. The maximum atomic E-state index is 11.7. The van der Waals surface area contributed by atoms with Gasteiger partial charge in [0.1, 0.15) is 0 Å². The largest absolute Gasteiger partial charge is 0.391 e. The van der Waals surface area contributed by atoms with E-state index in [2.05, 4.69) is 52.4 Å². The smallest absolute Gasteiger partial charge is 0.251 e. The van der Waals surface area contributed by atoms with E-state index >= 15 is 0 Å². The highest BCUT2D eigenvalue weighted by Gasteiger charge is 2.32. The maximum Gasteiger partial charge on any atom is 0.251 e. The molecule has 2 amide bonds. The third-order valence-corrected chi connectivity index (χ3v) is 7.44. The molecule has 0 radical (unpaired) electrons. The number of carbonyl (C=O) groups excluding carboxylic acids is 2. The number of nitrogens with one attached hydrogen (secondary N) is 3. The fourth-order valence-corrected chi connectivity index (χ4v) is 4.39. The van der Waals surface area contributed by atoms with E-state index in [1.165, 1.54) is 6.42 Å². The lowest BCUT2D eigenvalue weighted by Crippen LogP contribution is -2.25. The van der Waals surface area contributed by atoms with Crippen LogP contribution in [0.25, 0.3) is 0 Å². The van der Waals surface area contributed by atoms with Crippen molar-refractivity contribution in [3.8, 4) is 0 Å². The van der Waals surface area contributed by atoms with Crippen LogP contribution >= 0.6 is 22.6 Å². The van der Waals surface area contributed by atoms with Crippen LogP contribution in [0.4, 0.5) is 0 Å². The van der Waals surface area contributed by atoms with Crippen molar-refractivity contribution in [2.45, 2.75) is 104 Å². The molecule has 8 nitrogen and oxygen atoms in total. The molecule has 0 spiro atoms. The number of halogens is 1. The fraction of sp³-hybridized carbons (Fsp3) is 0.576. The summed E-state index contributed by atoms with van der Waals surface area (Å²) in [5.41, 5.74) is 10.8. The number of rotatable bonds is 4. The van der Waals surface area contributed by atoms with Gasteiger partial charge in [0.15, 0.2) is 0 Å². The lowest BCUT2D eigenvalue weighted by atomic mass is 10.0. The first-order valence-corrected chi connectivity index (χ1v) is 15.5.